The summed E-state index contributed by atoms with van der Waals surface area (Å²) < 4.78 is 0. The van der Waals surface area contributed by atoms with Gasteiger partial charge in [0.05, 0.1) is 6.04 Å². The van der Waals surface area contributed by atoms with Gasteiger partial charge in [-0.3, -0.25) is 4.79 Å². The number of nitrogens with zero attached hydrogens (tertiary/aromatic N) is 1. The fraction of sp³-hybridized carbons (Fsp3) is 0.562. The summed E-state index contributed by atoms with van der Waals surface area (Å²) in [5, 5.41) is 3.93. The molecular weight excluding hydrogens is 476 g/mol. The summed E-state index contributed by atoms with van der Waals surface area (Å²) >= 11 is 1.78. The SMILES string of the molecule is CCCC(C=O)N1Cc2c(SCc3ccc(CNC4(C)CC5CC(C)CC(C5)C4)cc3)cccc2C1=O. The van der Waals surface area contributed by atoms with Crippen molar-refractivity contribution in [1.29, 1.82) is 0 Å². The van der Waals surface area contributed by atoms with Gasteiger partial charge in [0.25, 0.3) is 5.91 Å². The number of nitrogens with one attached hydrogen (secondary N) is 1. The molecule has 2 aliphatic carbocycles. The van der Waals surface area contributed by atoms with E-state index in [4.69, 9.17) is 0 Å². The second-order valence-corrected chi connectivity index (χ2v) is 13.2. The number of hydrogen-bond acceptors (Lipinski definition) is 4. The summed E-state index contributed by atoms with van der Waals surface area (Å²) in [7, 11) is 0. The molecule has 1 heterocycles. The molecule has 0 radical (unpaired) electrons. The van der Waals surface area contributed by atoms with Crippen molar-refractivity contribution >= 4 is 24.0 Å². The van der Waals surface area contributed by atoms with Crippen LogP contribution in [0.2, 0.25) is 0 Å². The lowest BCUT2D eigenvalue weighted by molar-refractivity contribution is -0.112. The molecule has 1 N–H and O–H groups in total. The second kappa shape index (κ2) is 11.3. The predicted molar refractivity (Wildman–Crippen MR) is 152 cm³/mol. The highest BCUT2D eigenvalue weighted by Crippen LogP contribution is 2.46. The van der Waals surface area contributed by atoms with Crippen molar-refractivity contribution in [2.24, 2.45) is 17.8 Å². The van der Waals surface area contributed by atoms with Gasteiger partial charge in [-0.1, -0.05) is 50.6 Å². The maximum atomic E-state index is 13.0. The molecule has 5 heteroatoms. The zero-order chi connectivity index (χ0) is 26.0. The number of benzene rings is 2. The number of carbonyl (C=O) groups excluding carboxylic acids is 2. The summed E-state index contributed by atoms with van der Waals surface area (Å²) in [4.78, 5) is 27.5. The Kier molecular flexibility index (Phi) is 8.11. The minimum atomic E-state index is -0.331. The van der Waals surface area contributed by atoms with Crippen molar-refractivity contribution in [1.82, 2.24) is 10.2 Å². The lowest BCUT2D eigenvalue weighted by Crippen LogP contribution is -2.50. The van der Waals surface area contributed by atoms with Gasteiger partial charge in [-0.25, -0.2) is 0 Å². The average molecular weight is 519 g/mol. The fourth-order valence-corrected chi connectivity index (χ4v) is 8.32. The van der Waals surface area contributed by atoms with Gasteiger partial charge < -0.3 is 15.0 Å². The van der Waals surface area contributed by atoms with E-state index in [0.717, 1.165) is 58.8 Å². The van der Waals surface area contributed by atoms with Gasteiger partial charge in [0.15, 0.2) is 0 Å². The predicted octanol–water partition coefficient (Wildman–Crippen LogP) is 7.00. The second-order valence-electron chi connectivity index (χ2n) is 12.2. The monoisotopic (exact) mass is 518 g/mol. The Bertz CT molecular complexity index is 1100. The van der Waals surface area contributed by atoms with Crippen LogP contribution in [0.15, 0.2) is 47.4 Å². The van der Waals surface area contributed by atoms with Gasteiger partial charge in [-0.15, -0.1) is 11.8 Å². The Morgan fingerprint density at radius 3 is 2.46 bits per heavy atom. The quantitative estimate of drug-likeness (QED) is 0.272. The Labute approximate surface area is 227 Å². The van der Waals surface area contributed by atoms with Crippen LogP contribution in [0.5, 0.6) is 0 Å². The van der Waals surface area contributed by atoms with Crippen LogP contribution in [0, 0.1) is 17.8 Å². The number of carbonyl (C=O) groups is 2. The first-order valence-corrected chi connectivity index (χ1v) is 15.2. The first kappa shape index (κ1) is 26.5. The largest absolute Gasteiger partial charge is 0.324 e. The molecule has 3 aliphatic rings. The van der Waals surface area contributed by atoms with Crippen LogP contribution in [-0.4, -0.2) is 28.7 Å². The summed E-state index contributed by atoms with van der Waals surface area (Å²) in [5.74, 6) is 3.56. The normalized spacial score (nSPS) is 27.7. The summed E-state index contributed by atoms with van der Waals surface area (Å²) in [6.07, 6.45) is 9.42. The first-order chi connectivity index (χ1) is 17.9. The molecule has 3 unspecified atom stereocenters. The molecule has 0 spiro atoms. The van der Waals surface area contributed by atoms with E-state index in [1.54, 1.807) is 16.7 Å². The molecule has 0 saturated heterocycles. The molecule has 2 aromatic carbocycles. The van der Waals surface area contributed by atoms with Crippen LogP contribution in [0.25, 0.3) is 0 Å². The molecule has 5 rings (SSSR count). The zero-order valence-corrected chi connectivity index (χ0v) is 23.5. The Morgan fingerprint density at radius 2 is 1.78 bits per heavy atom. The number of hydrogen-bond donors (Lipinski definition) is 1. The molecule has 2 saturated carbocycles. The Balaban J connectivity index is 1.17. The fourth-order valence-electron chi connectivity index (χ4n) is 7.29. The standard InChI is InChI=1S/C32H42N2O2S/c1-4-6-27(20-35)34-19-29-28(31(34)36)7-5-8-30(29)37-21-24-11-9-23(10-12-24)18-33-32(3)16-25-13-22(2)14-26(15-25)17-32/h5,7-12,20,22,25-27,33H,4,6,13-19,21H2,1-3H3. The Morgan fingerprint density at radius 1 is 1.08 bits per heavy atom. The number of fused-ring (bicyclic) bond motifs is 3. The number of thioether (sulfide) groups is 1. The van der Waals surface area contributed by atoms with Crippen LogP contribution in [0.4, 0.5) is 0 Å². The van der Waals surface area contributed by atoms with Crippen molar-refractivity contribution in [3.8, 4) is 0 Å². The summed E-state index contributed by atoms with van der Waals surface area (Å²) in [6, 6.07) is 14.7. The van der Waals surface area contributed by atoms with E-state index < -0.39 is 0 Å². The van der Waals surface area contributed by atoms with Crippen molar-refractivity contribution < 1.29 is 9.59 Å². The third-order valence-corrected chi connectivity index (χ3v) is 10.0. The van der Waals surface area contributed by atoms with E-state index in [1.165, 1.54) is 43.2 Å². The van der Waals surface area contributed by atoms with Crippen molar-refractivity contribution in [2.45, 2.75) is 101 Å². The molecule has 2 bridgehead atoms. The smallest absolute Gasteiger partial charge is 0.255 e. The lowest BCUT2D eigenvalue weighted by Gasteiger charge is -2.47. The minimum absolute atomic E-state index is 0.00958. The molecule has 1 amide bonds. The highest BCUT2D eigenvalue weighted by Gasteiger charge is 2.40. The molecule has 2 aromatic rings. The Hall–Kier alpha value is -2.11. The van der Waals surface area contributed by atoms with Gasteiger partial charge in [0.2, 0.25) is 0 Å². The third-order valence-electron chi connectivity index (χ3n) is 8.85. The number of amides is 1. The molecule has 3 atom stereocenters. The van der Waals surface area contributed by atoms with Crippen LogP contribution < -0.4 is 5.32 Å². The highest BCUT2D eigenvalue weighted by molar-refractivity contribution is 7.98. The highest BCUT2D eigenvalue weighted by atomic mass is 32.2. The molecule has 2 fully saturated rings. The van der Waals surface area contributed by atoms with E-state index in [1.807, 2.05) is 19.1 Å². The third kappa shape index (κ3) is 5.98. The summed E-state index contributed by atoms with van der Waals surface area (Å²) in [5.41, 5.74) is 4.72. The molecule has 1 aliphatic heterocycles. The zero-order valence-electron chi connectivity index (χ0n) is 22.7. The molecule has 198 valence electrons. The van der Waals surface area contributed by atoms with Crippen LogP contribution in [0.3, 0.4) is 0 Å². The van der Waals surface area contributed by atoms with Gasteiger partial charge in [-0.05, 0) is 92.0 Å². The van der Waals surface area contributed by atoms with Gasteiger partial charge in [0.1, 0.15) is 6.29 Å². The molecule has 4 nitrogen and oxygen atoms in total. The van der Waals surface area contributed by atoms with Crippen LogP contribution in [-0.2, 0) is 23.6 Å². The summed E-state index contributed by atoms with van der Waals surface area (Å²) in [6.45, 7) is 8.39. The van der Waals surface area contributed by atoms with E-state index >= 15 is 0 Å². The van der Waals surface area contributed by atoms with E-state index in [-0.39, 0.29) is 17.5 Å². The van der Waals surface area contributed by atoms with Crippen LogP contribution >= 0.6 is 11.8 Å². The first-order valence-electron chi connectivity index (χ1n) is 14.2. The molecule has 37 heavy (non-hydrogen) atoms. The maximum Gasteiger partial charge on any atom is 0.255 e. The molecular formula is C32H42N2O2S. The topological polar surface area (TPSA) is 49.4 Å². The van der Waals surface area contributed by atoms with E-state index in [0.29, 0.717) is 13.0 Å². The van der Waals surface area contributed by atoms with E-state index in [9.17, 15) is 9.59 Å². The van der Waals surface area contributed by atoms with Crippen molar-refractivity contribution in [2.75, 3.05) is 0 Å². The van der Waals surface area contributed by atoms with Crippen molar-refractivity contribution in [3.05, 3.63) is 64.7 Å². The van der Waals surface area contributed by atoms with E-state index in [2.05, 4.69) is 49.5 Å². The average Bonchev–Trinajstić information content (AvgIpc) is 3.21. The lowest BCUT2D eigenvalue weighted by atomic mass is 9.62. The van der Waals surface area contributed by atoms with Crippen molar-refractivity contribution in [3.63, 3.8) is 0 Å². The number of rotatable bonds is 10. The number of aldehydes is 1. The molecule has 0 aromatic heterocycles. The van der Waals surface area contributed by atoms with Gasteiger partial charge in [0, 0.05) is 34.8 Å². The van der Waals surface area contributed by atoms with Gasteiger partial charge in [-0.2, -0.15) is 0 Å². The minimum Gasteiger partial charge on any atom is -0.324 e. The maximum absolute atomic E-state index is 13.0. The van der Waals surface area contributed by atoms with Gasteiger partial charge >= 0.3 is 0 Å². The van der Waals surface area contributed by atoms with Crippen LogP contribution in [0.1, 0.15) is 92.8 Å².